The van der Waals surface area contributed by atoms with E-state index in [0.717, 1.165) is 4.43 Å². The van der Waals surface area contributed by atoms with Crippen LogP contribution in [-0.4, -0.2) is 11.0 Å². The largest absolute Gasteiger partial charge is 0.490 e. The Kier molecular flexibility index (Phi) is 3.62. The summed E-state index contributed by atoms with van der Waals surface area (Å²) in [5.74, 6) is 0.0431. The van der Waals surface area contributed by atoms with E-state index in [1.807, 2.05) is 0 Å². The highest BCUT2D eigenvalue weighted by Gasteiger charge is 1.98. The molecule has 1 aromatic carbocycles. The van der Waals surface area contributed by atoms with E-state index in [1.165, 1.54) is 6.07 Å². The molecule has 0 atom stereocenters. The molecule has 1 aromatic rings. The second kappa shape index (κ2) is 4.54. The zero-order valence-corrected chi connectivity index (χ0v) is 8.05. The van der Waals surface area contributed by atoms with E-state index >= 15 is 0 Å². The van der Waals surface area contributed by atoms with Crippen LogP contribution < -0.4 is 4.74 Å². The number of hydrogen-bond donors (Lipinski definition) is 0. The fraction of sp³-hybridized carbons (Fsp3) is 0.250. The lowest BCUT2D eigenvalue weighted by molar-refractivity contribution is 0.327. The Hall–Kier alpha value is -0.320. The number of benzene rings is 1. The molecular weight excluding hydrogens is 258 g/mol. The van der Waals surface area contributed by atoms with Crippen LogP contribution in [0.3, 0.4) is 0 Å². The lowest BCUT2D eigenvalue weighted by atomic mass is 10.3. The summed E-state index contributed by atoms with van der Waals surface area (Å²) >= 11 is 2.18. The van der Waals surface area contributed by atoms with Gasteiger partial charge in [0.15, 0.2) is 11.6 Å². The maximum Gasteiger partial charge on any atom is 0.165 e. The number of ether oxygens (including phenoxy) is 1. The molecule has 0 heterocycles. The molecule has 0 saturated carbocycles. The molecule has 0 radical (unpaired) electrons. The topological polar surface area (TPSA) is 9.23 Å². The molecule has 1 nitrogen and oxygen atoms in total. The Bertz CT molecular complexity index is 227. The summed E-state index contributed by atoms with van der Waals surface area (Å²) in [6.45, 7) is 0.557. The molecule has 0 spiro atoms. The van der Waals surface area contributed by atoms with Crippen molar-refractivity contribution in [3.8, 4) is 5.75 Å². The fourth-order valence-electron chi connectivity index (χ4n) is 0.710. The van der Waals surface area contributed by atoms with Crippen LogP contribution in [0.5, 0.6) is 5.75 Å². The molecular formula is C8H8FIO. The smallest absolute Gasteiger partial charge is 0.165 e. The Morgan fingerprint density at radius 3 is 2.73 bits per heavy atom. The lowest BCUT2D eigenvalue weighted by Crippen LogP contribution is -1.98. The molecule has 60 valence electrons. The van der Waals surface area contributed by atoms with Gasteiger partial charge >= 0.3 is 0 Å². The van der Waals surface area contributed by atoms with Crippen molar-refractivity contribution in [1.29, 1.82) is 0 Å². The molecule has 0 fully saturated rings. The first-order chi connectivity index (χ1) is 5.34. The van der Waals surface area contributed by atoms with Crippen LogP contribution in [0.4, 0.5) is 4.39 Å². The van der Waals surface area contributed by atoms with E-state index < -0.39 is 0 Å². The highest BCUT2D eigenvalue weighted by molar-refractivity contribution is 14.1. The van der Waals surface area contributed by atoms with Gasteiger partial charge in [0.25, 0.3) is 0 Å². The number of hydrogen-bond acceptors (Lipinski definition) is 1. The van der Waals surface area contributed by atoms with Crippen LogP contribution in [0.25, 0.3) is 0 Å². The molecule has 0 bridgehead atoms. The molecule has 1 rings (SSSR count). The van der Waals surface area contributed by atoms with Gasteiger partial charge in [0.1, 0.15) is 0 Å². The van der Waals surface area contributed by atoms with Crippen LogP contribution in [0.15, 0.2) is 24.3 Å². The monoisotopic (exact) mass is 266 g/mol. The van der Waals surface area contributed by atoms with Crippen molar-refractivity contribution < 1.29 is 9.13 Å². The Morgan fingerprint density at radius 2 is 2.09 bits per heavy atom. The standard InChI is InChI=1S/C8H8FIO/c9-7-3-1-2-4-8(7)11-6-5-10/h1-4H,5-6H2. The number of para-hydroxylation sites is 1. The second-order valence-corrected chi connectivity index (χ2v) is 3.05. The predicted octanol–water partition coefficient (Wildman–Crippen LogP) is 2.64. The first-order valence-corrected chi connectivity index (χ1v) is 4.80. The van der Waals surface area contributed by atoms with E-state index in [-0.39, 0.29) is 5.82 Å². The number of halogens is 2. The van der Waals surface area contributed by atoms with Crippen molar-refractivity contribution in [3.05, 3.63) is 30.1 Å². The summed E-state index contributed by atoms with van der Waals surface area (Å²) in [6.07, 6.45) is 0. The summed E-state index contributed by atoms with van der Waals surface area (Å²) in [5.41, 5.74) is 0. The van der Waals surface area contributed by atoms with E-state index in [1.54, 1.807) is 18.2 Å². The number of rotatable bonds is 3. The summed E-state index contributed by atoms with van der Waals surface area (Å²) in [4.78, 5) is 0. The molecule has 0 amide bonds. The highest BCUT2D eigenvalue weighted by atomic mass is 127. The predicted molar refractivity (Wildman–Crippen MR) is 50.8 cm³/mol. The van der Waals surface area contributed by atoms with Crippen molar-refractivity contribution in [2.45, 2.75) is 0 Å². The van der Waals surface area contributed by atoms with Gasteiger partial charge in [-0.25, -0.2) is 4.39 Å². The zero-order chi connectivity index (χ0) is 8.10. The molecule has 0 aromatic heterocycles. The second-order valence-electron chi connectivity index (χ2n) is 1.97. The van der Waals surface area contributed by atoms with Gasteiger partial charge in [-0.3, -0.25) is 0 Å². The minimum atomic E-state index is -0.294. The van der Waals surface area contributed by atoms with Gasteiger partial charge in [0, 0.05) is 4.43 Å². The van der Waals surface area contributed by atoms with Crippen molar-refractivity contribution in [3.63, 3.8) is 0 Å². The van der Waals surface area contributed by atoms with Crippen molar-refractivity contribution in [1.82, 2.24) is 0 Å². The van der Waals surface area contributed by atoms with Gasteiger partial charge in [-0.15, -0.1) is 0 Å². The molecule has 0 aliphatic heterocycles. The molecule has 11 heavy (non-hydrogen) atoms. The summed E-state index contributed by atoms with van der Waals surface area (Å²) in [6, 6.07) is 6.42. The first kappa shape index (κ1) is 8.77. The average Bonchev–Trinajstić information content (AvgIpc) is 2.03. The van der Waals surface area contributed by atoms with E-state index in [0.29, 0.717) is 12.4 Å². The molecule has 0 unspecified atom stereocenters. The summed E-state index contributed by atoms with van der Waals surface area (Å²) in [7, 11) is 0. The first-order valence-electron chi connectivity index (χ1n) is 3.28. The Morgan fingerprint density at radius 1 is 1.36 bits per heavy atom. The van der Waals surface area contributed by atoms with E-state index in [9.17, 15) is 4.39 Å². The number of alkyl halides is 1. The Labute approximate surface area is 78.7 Å². The quantitative estimate of drug-likeness (QED) is 0.603. The van der Waals surface area contributed by atoms with Crippen LogP contribution in [0.1, 0.15) is 0 Å². The maximum absolute atomic E-state index is 12.8. The molecule has 0 aliphatic carbocycles. The van der Waals surface area contributed by atoms with Gasteiger partial charge in [0.2, 0.25) is 0 Å². The van der Waals surface area contributed by atoms with Gasteiger partial charge < -0.3 is 4.74 Å². The van der Waals surface area contributed by atoms with Crippen LogP contribution in [0, 0.1) is 5.82 Å². The van der Waals surface area contributed by atoms with Gasteiger partial charge in [-0.05, 0) is 12.1 Å². The fourth-order valence-corrected chi connectivity index (χ4v) is 0.931. The van der Waals surface area contributed by atoms with Crippen LogP contribution >= 0.6 is 22.6 Å². The van der Waals surface area contributed by atoms with Crippen LogP contribution in [0.2, 0.25) is 0 Å². The summed E-state index contributed by atoms with van der Waals surface area (Å²) < 4.78 is 18.8. The van der Waals surface area contributed by atoms with E-state index in [4.69, 9.17) is 4.74 Å². The SMILES string of the molecule is Fc1ccccc1OCCI. The minimum absolute atomic E-state index is 0.294. The van der Waals surface area contributed by atoms with E-state index in [2.05, 4.69) is 22.6 Å². The highest BCUT2D eigenvalue weighted by Crippen LogP contribution is 2.14. The minimum Gasteiger partial charge on any atom is -0.490 e. The van der Waals surface area contributed by atoms with Crippen molar-refractivity contribution >= 4 is 22.6 Å². The van der Waals surface area contributed by atoms with Crippen molar-refractivity contribution in [2.24, 2.45) is 0 Å². The molecule has 0 N–H and O–H groups in total. The van der Waals surface area contributed by atoms with Gasteiger partial charge in [-0.1, -0.05) is 34.7 Å². The zero-order valence-electron chi connectivity index (χ0n) is 5.89. The third-order valence-electron chi connectivity index (χ3n) is 1.17. The molecule has 0 saturated heterocycles. The molecule has 0 aliphatic rings. The van der Waals surface area contributed by atoms with Gasteiger partial charge in [-0.2, -0.15) is 0 Å². The maximum atomic E-state index is 12.8. The third-order valence-corrected chi connectivity index (χ3v) is 1.61. The van der Waals surface area contributed by atoms with Gasteiger partial charge in [0.05, 0.1) is 6.61 Å². The van der Waals surface area contributed by atoms with Crippen molar-refractivity contribution in [2.75, 3.05) is 11.0 Å². The average molecular weight is 266 g/mol. The summed E-state index contributed by atoms with van der Waals surface area (Å²) in [5, 5.41) is 0. The Balaban J connectivity index is 2.62. The molecule has 3 heteroatoms. The third kappa shape index (κ3) is 2.65. The van der Waals surface area contributed by atoms with Crippen LogP contribution in [-0.2, 0) is 0 Å². The normalized spacial score (nSPS) is 9.64. The lowest BCUT2D eigenvalue weighted by Gasteiger charge is -2.03.